The average Bonchev–Trinajstić information content (AvgIpc) is 3.40. The van der Waals surface area contributed by atoms with E-state index in [2.05, 4.69) is 26.9 Å². The van der Waals surface area contributed by atoms with Crippen molar-refractivity contribution in [1.29, 1.82) is 0 Å². The van der Waals surface area contributed by atoms with E-state index in [1.165, 1.54) is 36.0 Å². The highest BCUT2D eigenvalue weighted by Gasteiger charge is 2.47. The smallest absolute Gasteiger partial charge is 0.210 e. The number of methoxy groups -OCH3 is 1. The fraction of sp³-hybridized carbons (Fsp3) is 0.571. The van der Waals surface area contributed by atoms with Crippen LogP contribution in [0.5, 0.6) is 5.75 Å². The fourth-order valence-electron chi connectivity index (χ4n) is 5.14. The van der Waals surface area contributed by atoms with Crippen molar-refractivity contribution in [3.8, 4) is 5.75 Å². The van der Waals surface area contributed by atoms with Crippen molar-refractivity contribution in [2.24, 2.45) is 5.92 Å². The molecule has 1 spiro atoms. The van der Waals surface area contributed by atoms with Crippen molar-refractivity contribution >= 4 is 17.3 Å². The molecular formula is C21H27N3O2. The van der Waals surface area contributed by atoms with Crippen LogP contribution in [0.15, 0.2) is 18.2 Å². The summed E-state index contributed by atoms with van der Waals surface area (Å²) in [6, 6.07) is 6.25. The molecule has 1 amide bonds. The number of nitrogens with one attached hydrogen (secondary N) is 1. The Labute approximate surface area is 154 Å². The van der Waals surface area contributed by atoms with Gasteiger partial charge in [0.15, 0.2) is 0 Å². The number of benzene rings is 1. The molecule has 1 aliphatic carbocycles. The number of carbonyl (C=O) groups excluding carboxylic acids is 1. The second-order valence-corrected chi connectivity index (χ2v) is 8.25. The lowest BCUT2D eigenvalue weighted by Crippen LogP contribution is -2.59. The number of aromatic nitrogens is 1. The van der Waals surface area contributed by atoms with Gasteiger partial charge in [0, 0.05) is 36.2 Å². The van der Waals surface area contributed by atoms with Crippen molar-refractivity contribution in [3.63, 3.8) is 0 Å². The molecule has 2 fully saturated rings. The SMILES string of the molecule is COc1ccc2[nH]c3c(c2c1)CCN(C=O)C31CCCN(CC2CC2)C1. The summed E-state index contributed by atoms with van der Waals surface area (Å²) < 4.78 is 5.44. The molecule has 26 heavy (non-hydrogen) atoms. The van der Waals surface area contributed by atoms with Gasteiger partial charge in [0.25, 0.3) is 0 Å². The van der Waals surface area contributed by atoms with Gasteiger partial charge in [-0.15, -0.1) is 0 Å². The number of hydrogen-bond donors (Lipinski definition) is 1. The second-order valence-electron chi connectivity index (χ2n) is 8.25. The Kier molecular flexibility index (Phi) is 3.74. The Morgan fingerprint density at radius 2 is 2.23 bits per heavy atom. The molecule has 5 rings (SSSR count). The van der Waals surface area contributed by atoms with Crippen molar-refractivity contribution in [2.75, 3.05) is 33.3 Å². The Hall–Kier alpha value is -2.01. The monoisotopic (exact) mass is 353 g/mol. The third-order valence-electron chi connectivity index (χ3n) is 6.62. The highest BCUT2D eigenvalue weighted by atomic mass is 16.5. The minimum atomic E-state index is -0.200. The first kappa shape index (κ1) is 16.2. The lowest BCUT2D eigenvalue weighted by molar-refractivity contribution is -0.128. The Balaban J connectivity index is 1.60. The summed E-state index contributed by atoms with van der Waals surface area (Å²) in [5.74, 6) is 1.77. The van der Waals surface area contributed by atoms with Crippen LogP contribution in [-0.4, -0.2) is 54.5 Å². The number of carbonyl (C=O) groups is 1. The summed E-state index contributed by atoms with van der Waals surface area (Å²) in [6.07, 6.45) is 6.93. The minimum Gasteiger partial charge on any atom is -0.497 e. The number of rotatable bonds is 4. The summed E-state index contributed by atoms with van der Waals surface area (Å²) in [5.41, 5.74) is 3.60. The predicted molar refractivity (Wildman–Crippen MR) is 101 cm³/mol. The zero-order valence-electron chi connectivity index (χ0n) is 15.5. The quantitative estimate of drug-likeness (QED) is 0.860. The van der Waals surface area contributed by atoms with Gasteiger partial charge in [-0.1, -0.05) is 0 Å². The summed E-state index contributed by atoms with van der Waals surface area (Å²) in [5, 5.41) is 1.25. The molecule has 138 valence electrons. The molecule has 1 unspecified atom stereocenters. The predicted octanol–water partition coefficient (Wildman–Crippen LogP) is 2.89. The first-order chi connectivity index (χ1) is 12.7. The Morgan fingerprint density at radius 1 is 1.35 bits per heavy atom. The highest BCUT2D eigenvalue weighted by Crippen LogP contribution is 2.44. The van der Waals surface area contributed by atoms with Crippen LogP contribution in [0.25, 0.3) is 10.9 Å². The van der Waals surface area contributed by atoms with E-state index >= 15 is 0 Å². The van der Waals surface area contributed by atoms with Crippen LogP contribution < -0.4 is 4.74 Å². The molecule has 5 nitrogen and oxygen atoms in total. The van der Waals surface area contributed by atoms with Gasteiger partial charge < -0.3 is 19.5 Å². The summed E-state index contributed by atoms with van der Waals surface area (Å²) >= 11 is 0. The molecule has 3 heterocycles. The molecule has 5 heteroatoms. The number of aromatic amines is 1. The maximum absolute atomic E-state index is 12.0. The fourth-order valence-corrected chi connectivity index (χ4v) is 5.14. The number of likely N-dealkylation sites (tertiary alicyclic amines) is 1. The molecule has 1 atom stereocenters. The lowest BCUT2D eigenvalue weighted by atomic mass is 9.79. The van der Waals surface area contributed by atoms with Crippen LogP contribution >= 0.6 is 0 Å². The molecule has 2 aromatic rings. The van der Waals surface area contributed by atoms with E-state index in [1.807, 2.05) is 6.07 Å². The third-order valence-corrected chi connectivity index (χ3v) is 6.62. The topological polar surface area (TPSA) is 48.6 Å². The number of hydrogen-bond acceptors (Lipinski definition) is 3. The largest absolute Gasteiger partial charge is 0.497 e. The normalized spacial score (nSPS) is 26.3. The van der Waals surface area contributed by atoms with Gasteiger partial charge in [-0.05, 0) is 68.3 Å². The van der Waals surface area contributed by atoms with E-state index in [0.29, 0.717) is 0 Å². The van der Waals surface area contributed by atoms with E-state index in [-0.39, 0.29) is 5.54 Å². The number of amides is 1. The van der Waals surface area contributed by atoms with E-state index < -0.39 is 0 Å². The van der Waals surface area contributed by atoms with Gasteiger partial charge in [-0.3, -0.25) is 4.79 Å². The van der Waals surface area contributed by atoms with Crippen LogP contribution in [-0.2, 0) is 16.8 Å². The van der Waals surface area contributed by atoms with E-state index in [4.69, 9.17) is 4.74 Å². The molecule has 0 radical (unpaired) electrons. The summed E-state index contributed by atoms with van der Waals surface area (Å²) in [4.78, 5) is 20.3. The van der Waals surface area contributed by atoms with Crippen LogP contribution in [0.3, 0.4) is 0 Å². The van der Waals surface area contributed by atoms with Crippen molar-refractivity contribution in [3.05, 3.63) is 29.5 Å². The van der Waals surface area contributed by atoms with E-state index in [9.17, 15) is 4.79 Å². The Morgan fingerprint density at radius 3 is 3.00 bits per heavy atom. The molecule has 2 aliphatic heterocycles. The van der Waals surface area contributed by atoms with Gasteiger partial charge in [-0.2, -0.15) is 0 Å². The van der Waals surface area contributed by atoms with Gasteiger partial charge in [0.2, 0.25) is 6.41 Å². The first-order valence-corrected chi connectivity index (χ1v) is 9.87. The molecule has 3 aliphatic rings. The first-order valence-electron chi connectivity index (χ1n) is 9.87. The maximum atomic E-state index is 12.0. The van der Waals surface area contributed by atoms with Crippen LogP contribution in [0.4, 0.5) is 0 Å². The number of nitrogens with zero attached hydrogens (tertiary/aromatic N) is 2. The highest BCUT2D eigenvalue weighted by molar-refractivity contribution is 5.87. The average molecular weight is 353 g/mol. The number of H-pyrrole nitrogens is 1. The van der Waals surface area contributed by atoms with Crippen LogP contribution in [0.1, 0.15) is 36.9 Å². The summed E-state index contributed by atoms with van der Waals surface area (Å²) in [7, 11) is 1.72. The lowest BCUT2D eigenvalue weighted by Gasteiger charge is -2.50. The molecule has 1 N–H and O–H groups in total. The molecule has 1 saturated carbocycles. The van der Waals surface area contributed by atoms with Crippen LogP contribution in [0, 0.1) is 5.92 Å². The van der Waals surface area contributed by atoms with Gasteiger partial charge in [0.05, 0.1) is 12.6 Å². The zero-order valence-corrected chi connectivity index (χ0v) is 15.5. The molecular weight excluding hydrogens is 326 g/mol. The number of ether oxygens (including phenoxy) is 1. The van der Waals surface area contributed by atoms with Crippen LogP contribution in [0.2, 0.25) is 0 Å². The van der Waals surface area contributed by atoms with Gasteiger partial charge >= 0.3 is 0 Å². The minimum absolute atomic E-state index is 0.200. The van der Waals surface area contributed by atoms with E-state index in [1.54, 1.807) is 7.11 Å². The number of fused-ring (bicyclic) bond motifs is 4. The zero-order chi connectivity index (χ0) is 17.7. The van der Waals surface area contributed by atoms with Crippen molar-refractivity contribution in [2.45, 2.75) is 37.6 Å². The second kappa shape index (κ2) is 6.02. The van der Waals surface area contributed by atoms with E-state index in [0.717, 1.165) is 62.5 Å². The third kappa shape index (κ3) is 2.44. The van der Waals surface area contributed by atoms with Gasteiger partial charge in [-0.25, -0.2) is 0 Å². The van der Waals surface area contributed by atoms with Crippen molar-refractivity contribution < 1.29 is 9.53 Å². The molecule has 1 aromatic carbocycles. The maximum Gasteiger partial charge on any atom is 0.210 e. The van der Waals surface area contributed by atoms with Gasteiger partial charge in [0.1, 0.15) is 5.75 Å². The van der Waals surface area contributed by atoms with Crippen molar-refractivity contribution in [1.82, 2.24) is 14.8 Å². The Bertz CT molecular complexity index is 841. The summed E-state index contributed by atoms with van der Waals surface area (Å²) in [6.45, 7) is 4.11. The number of piperidine rings is 1. The molecule has 0 bridgehead atoms. The molecule has 1 saturated heterocycles. The molecule has 1 aromatic heterocycles. The standard InChI is InChI=1S/C21H27N3O2/c1-26-16-5-6-19-18(11-16)17-7-10-24(14-25)21(20(17)22-19)8-2-9-23(13-21)12-15-3-4-15/h5-6,11,14-15,22H,2-4,7-10,12-13H2,1H3.